The van der Waals surface area contributed by atoms with Gasteiger partial charge in [0.25, 0.3) is 0 Å². The first kappa shape index (κ1) is 15.2. The molecule has 0 aliphatic carbocycles. The number of anilines is 1. The van der Waals surface area contributed by atoms with Gasteiger partial charge in [0.1, 0.15) is 0 Å². The van der Waals surface area contributed by atoms with Gasteiger partial charge in [0.05, 0.1) is 0 Å². The Morgan fingerprint density at radius 3 is 1.83 bits per heavy atom. The Hall–Kier alpha value is -2.38. The number of rotatable bonds is 3. The summed E-state index contributed by atoms with van der Waals surface area (Å²) in [7, 11) is -4.49. The first-order valence-electron chi connectivity index (χ1n) is 8.10. The van der Waals surface area contributed by atoms with E-state index in [0.29, 0.717) is 22.9 Å². The van der Waals surface area contributed by atoms with Gasteiger partial charge in [-0.05, 0) is 0 Å². The van der Waals surface area contributed by atoms with E-state index in [4.69, 9.17) is 4.52 Å². The van der Waals surface area contributed by atoms with Crippen LogP contribution in [0.2, 0.25) is 0 Å². The van der Waals surface area contributed by atoms with E-state index in [0.717, 1.165) is 5.69 Å². The molecule has 4 heteroatoms. The topological polar surface area (TPSA) is 12.5 Å². The third kappa shape index (κ3) is 1.85. The molecular weight excluding hydrogens is 320 g/mol. The summed E-state index contributed by atoms with van der Waals surface area (Å²) in [6.45, 7) is 2.49. The van der Waals surface area contributed by atoms with Gasteiger partial charge in [-0.25, -0.2) is 0 Å². The number of fused-ring (bicyclic) bond motifs is 1. The van der Waals surface area contributed by atoms with Gasteiger partial charge in [-0.3, -0.25) is 0 Å². The Labute approximate surface area is 141 Å². The van der Waals surface area contributed by atoms with Gasteiger partial charge < -0.3 is 0 Å². The summed E-state index contributed by atoms with van der Waals surface area (Å²) < 4.78 is 25.5. The van der Waals surface area contributed by atoms with Gasteiger partial charge in [-0.15, -0.1) is 0 Å². The summed E-state index contributed by atoms with van der Waals surface area (Å²) in [5.74, 6) is 0.604. The number of hydrogen-bond acceptors (Lipinski definition) is 2. The molecule has 0 spiro atoms. The summed E-state index contributed by atoms with van der Waals surface area (Å²) in [6, 6.07) is 26.2. The van der Waals surface area contributed by atoms with Crippen molar-refractivity contribution in [3.05, 3.63) is 84.9 Å². The van der Waals surface area contributed by atoms with E-state index in [1.165, 1.54) is 0 Å². The third-order valence-electron chi connectivity index (χ3n) is 4.55. The predicted molar refractivity (Wildman–Crippen MR) is 100 cm³/mol. The molecule has 0 amide bonds. The number of benzene rings is 3. The molecule has 3 aromatic carbocycles. The van der Waals surface area contributed by atoms with Gasteiger partial charge in [-0.1, -0.05) is 0 Å². The van der Waals surface area contributed by atoms with Crippen molar-refractivity contribution < 1.29 is 8.72 Å². The van der Waals surface area contributed by atoms with Gasteiger partial charge in [0, 0.05) is 0 Å². The van der Waals surface area contributed by atoms with Crippen molar-refractivity contribution in [1.82, 2.24) is 0 Å². The van der Waals surface area contributed by atoms with Crippen LogP contribution in [0.25, 0.3) is 0 Å². The van der Waals surface area contributed by atoms with E-state index in [-0.39, 0.29) is 0 Å². The van der Waals surface area contributed by atoms with Crippen LogP contribution in [0.4, 0.5) is 9.88 Å². The molecule has 0 bridgehead atoms. The van der Waals surface area contributed by atoms with Crippen LogP contribution in [0.15, 0.2) is 84.9 Å². The molecule has 1 aliphatic rings. The van der Waals surface area contributed by atoms with Crippen molar-refractivity contribution in [3.63, 3.8) is 0 Å². The quantitative estimate of drug-likeness (QED) is 0.634. The fourth-order valence-corrected chi connectivity index (χ4v) is 7.61. The molecule has 0 atom stereocenters. The maximum atomic E-state index is 17.5. The van der Waals surface area contributed by atoms with Crippen LogP contribution in [0.5, 0.6) is 5.75 Å². The fourth-order valence-electron chi connectivity index (χ4n) is 3.50. The molecule has 0 saturated heterocycles. The van der Waals surface area contributed by atoms with E-state index in [9.17, 15) is 0 Å². The Morgan fingerprint density at radius 1 is 0.792 bits per heavy atom. The zero-order chi connectivity index (χ0) is 16.6. The minimum absolute atomic E-state index is 0.523. The van der Waals surface area contributed by atoms with Crippen LogP contribution < -0.4 is 19.8 Å². The normalized spacial score (nSPS) is 18.9. The molecule has 0 aromatic heterocycles. The average molecular weight is 339 g/mol. The number of hydrogen-bond donors (Lipinski definition) is 0. The standard InChI is InChI=1S/C20H19FNOP/c1-2-22-19-15-9-10-16-20(19)23-24(22,21,17-11-5-3-6-12-17)18-13-7-4-8-14-18/h3-16H,2H2,1H3. The van der Waals surface area contributed by atoms with Crippen molar-refractivity contribution in [2.45, 2.75) is 6.92 Å². The zero-order valence-corrected chi connectivity index (χ0v) is 14.4. The van der Waals surface area contributed by atoms with Crippen LogP contribution in [0.3, 0.4) is 0 Å². The van der Waals surface area contributed by atoms with Gasteiger partial charge >= 0.3 is 141 Å². The van der Waals surface area contributed by atoms with E-state index in [1.807, 2.05) is 96.5 Å². The van der Waals surface area contributed by atoms with Crippen molar-refractivity contribution in [1.29, 1.82) is 0 Å². The summed E-state index contributed by atoms with van der Waals surface area (Å²) in [6.07, 6.45) is 0. The van der Waals surface area contributed by atoms with E-state index in [2.05, 4.69) is 0 Å². The Balaban J connectivity index is 2.08. The second kappa shape index (κ2) is 5.32. The van der Waals surface area contributed by atoms with Crippen LogP contribution in [0.1, 0.15) is 6.92 Å². The molecule has 1 aliphatic heterocycles. The summed E-state index contributed by atoms with van der Waals surface area (Å²) in [5.41, 5.74) is 0.813. The third-order valence-corrected chi connectivity index (χ3v) is 8.82. The minimum atomic E-state index is -4.49. The molecule has 24 heavy (non-hydrogen) atoms. The molecule has 3 aromatic rings. The summed E-state index contributed by atoms with van der Waals surface area (Å²) in [5, 5.41) is 1.18. The summed E-state index contributed by atoms with van der Waals surface area (Å²) >= 11 is 0. The molecule has 122 valence electrons. The molecule has 0 unspecified atom stereocenters. The van der Waals surface area contributed by atoms with Crippen LogP contribution >= 0.6 is 7.29 Å². The second-order valence-corrected chi connectivity index (χ2v) is 9.31. The first-order chi connectivity index (χ1) is 11.7. The number of halogens is 1. The SMILES string of the molecule is CCN1c2ccccc2OP1(F)(c1ccccc1)c1ccccc1. The number of nitrogens with zero attached hydrogens (tertiary/aromatic N) is 1. The molecule has 4 rings (SSSR count). The van der Waals surface area contributed by atoms with Crippen LogP contribution in [-0.4, -0.2) is 6.54 Å². The van der Waals surface area contributed by atoms with Crippen LogP contribution in [-0.2, 0) is 0 Å². The van der Waals surface area contributed by atoms with Gasteiger partial charge in [0.2, 0.25) is 0 Å². The van der Waals surface area contributed by atoms with Gasteiger partial charge in [-0.2, -0.15) is 0 Å². The first-order valence-corrected chi connectivity index (χ1v) is 10.1. The van der Waals surface area contributed by atoms with E-state index in [1.54, 1.807) is 0 Å². The second-order valence-electron chi connectivity index (χ2n) is 5.84. The molecule has 0 radical (unpaired) electrons. The number of para-hydroxylation sites is 2. The van der Waals surface area contributed by atoms with Crippen molar-refractivity contribution >= 4 is 23.6 Å². The monoisotopic (exact) mass is 339 g/mol. The van der Waals surface area contributed by atoms with Crippen molar-refractivity contribution in [3.8, 4) is 5.75 Å². The molecule has 0 saturated carbocycles. The molecule has 1 heterocycles. The Bertz CT molecular complexity index is 830. The Kier molecular flexibility index (Phi) is 3.36. The summed E-state index contributed by atoms with van der Waals surface area (Å²) in [4.78, 5) is 0. The van der Waals surface area contributed by atoms with Crippen molar-refractivity contribution in [2.75, 3.05) is 11.2 Å². The van der Waals surface area contributed by atoms with Gasteiger partial charge in [0.15, 0.2) is 0 Å². The van der Waals surface area contributed by atoms with E-state index >= 15 is 4.20 Å². The fraction of sp³-hybridized carbons (Fsp3) is 0.100. The molecular formula is C20H19FNOP. The van der Waals surface area contributed by atoms with Crippen LogP contribution in [0, 0.1) is 0 Å². The molecule has 2 nitrogen and oxygen atoms in total. The Morgan fingerprint density at radius 2 is 1.29 bits per heavy atom. The molecule has 0 fully saturated rings. The predicted octanol–water partition coefficient (Wildman–Crippen LogP) is 4.82. The maximum absolute atomic E-state index is 17.5. The van der Waals surface area contributed by atoms with Crippen molar-refractivity contribution in [2.24, 2.45) is 0 Å². The van der Waals surface area contributed by atoms with E-state index < -0.39 is 7.29 Å². The average Bonchev–Trinajstić information content (AvgIpc) is 2.93. The zero-order valence-electron chi connectivity index (χ0n) is 13.5. The molecule has 0 N–H and O–H groups in total.